The number of hydrogen-bond acceptors (Lipinski definition) is 3. The van der Waals surface area contributed by atoms with E-state index in [1.807, 2.05) is 35.2 Å². The molecule has 0 bridgehead atoms. The third kappa shape index (κ3) is 4.03. The molecule has 146 valence electrons. The van der Waals surface area contributed by atoms with Gasteiger partial charge in [0.1, 0.15) is 0 Å². The van der Waals surface area contributed by atoms with Gasteiger partial charge >= 0.3 is 0 Å². The zero-order valence-electron chi connectivity index (χ0n) is 15.8. The van der Waals surface area contributed by atoms with Gasteiger partial charge in [-0.3, -0.25) is 4.79 Å². The van der Waals surface area contributed by atoms with Crippen LogP contribution >= 0.6 is 22.9 Å². The molecule has 1 aliphatic carbocycles. The predicted octanol–water partition coefficient (Wildman–Crippen LogP) is 6.08. The Balaban J connectivity index is 1.62. The van der Waals surface area contributed by atoms with Crippen molar-refractivity contribution in [2.45, 2.75) is 44.1 Å². The van der Waals surface area contributed by atoms with E-state index < -0.39 is 5.41 Å². The van der Waals surface area contributed by atoms with Crippen LogP contribution in [0.15, 0.2) is 64.8 Å². The first-order valence-electron chi connectivity index (χ1n) is 9.76. The zero-order valence-corrected chi connectivity index (χ0v) is 17.3. The maximum Gasteiger partial charge on any atom is 0.233 e. The average molecular weight is 414 g/mol. The van der Waals surface area contributed by atoms with E-state index in [-0.39, 0.29) is 5.91 Å². The van der Waals surface area contributed by atoms with E-state index in [2.05, 4.69) is 17.5 Å². The first-order chi connectivity index (χ1) is 13.7. The van der Waals surface area contributed by atoms with Gasteiger partial charge in [0.2, 0.25) is 5.91 Å². The summed E-state index contributed by atoms with van der Waals surface area (Å²) in [5.74, 6) is 0.227. The molecule has 0 radical (unpaired) electrons. The molecule has 0 aliphatic heterocycles. The van der Waals surface area contributed by atoms with Crippen LogP contribution in [-0.4, -0.2) is 17.4 Å². The minimum Gasteiger partial charge on any atom is -0.472 e. The molecule has 3 aromatic rings. The quantitative estimate of drug-likeness (QED) is 0.470. The Morgan fingerprint density at radius 1 is 1.14 bits per heavy atom. The average Bonchev–Trinajstić information content (AvgIpc) is 3.48. The van der Waals surface area contributed by atoms with Gasteiger partial charge in [-0.1, -0.05) is 42.6 Å². The maximum atomic E-state index is 13.9. The van der Waals surface area contributed by atoms with Crippen molar-refractivity contribution in [3.63, 3.8) is 0 Å². The first kappa shape index (κ1) is 19.3. The van der Waals surface area contributed by atoms with E-state index in [4.69, 9.17) is 16.0 Å². The molecule has 0 spiro atoms. The summed E-state index contributed by atoms with van der Waals surface area (Å²) in [6.07, 6.45) is 8.23. The van der Waals surface area contributed by atoms with Gasteiger partial charge in [0.15, 0.2) is 0 Å². The topological polar surface area (TPSA) is 33.5 Å². The molecule has 0 atom stereocenters. The van der Waals surface area contributed by atoms with Gasteiger partial charge in [0, 0.05) is 28.6 Å². The van der Waals surface area contributed by atoms with Crippen LogP contribution in [0.5, 0.6) is 0 Å². The minimum absolute atomic E-state index is 0.227. The SMILES string of the molecule is O=C(N(CCc1cccs1)Cc1ccoc1)C1(c2ccc(Cl)cc2)CCCC1. The van der Waals surface area contributed by atoms with Crippen LogP contribution in [0.4, 0.5) is 0 Å². The van der Waals surface area contributed by atoms with E-state index >= 15 is 0 Å². The number of benzene rings is 1. The van der Waals surface area contributed by atoms with Gasteiger partial charge in [-0.05, 0) is 54.5 Å². The van der Waals surface area contributed by atoms with Gasteiger partial charge in [-0.2, -0.15) is 0 Å². The highest BCUT2D eigenvalue weighted by atomic mass is 35.5. The van der Waals surface area contributed by atoms with Gasteiger partial charge in [-0.15, -0.1) is 11.3 Å². The molecule has 1 amide bonds. The molecule has 2 aromatic heterocycles. The number of furan rings is 1. The van der Waals surface area contributed by atoms with E-state index in [0.29, 0.717) is 18.1 Å². The maximum absolute atomic E-state index is 13.9. The van der Waals surface area contributed by atoms with Crippen LogP contribution in [0.1, 0.15) is 41.7 Å². The van der Waals surface area contributed by atoms with E-state index in [0.717, 1.165) is 43.2 Å². The summed E-state index contributed by atoms with van der Waals surface area (Å²) >= 11 is 7.85. The number of hydrogen-bond donors (Lipinski definition) is 0. The van der Waals surface area contributed by atoms with Crippen molar-refractivity contribution in [2.75, 3.05) is 6.54 Å². The Morgan fingerprint density at radius 3 is 2.57 bits per heavy atom. The molecule has 0 saturated heterocycles. The number of carbonyl (C=O) groups is 1. The first-order valence-corrected chi connectivity index (χ1v) is 11.0. The van der Waals surface area contributed by atoms with Crippen molar-refractivity contribution >= 4 is 28.8 Å². The number of rotatable bonds is 7. The van der Waals surface area contributed by atoms with E-state index in [1.54, 1.807) is 23.9 Å². The van der Waals surface area contributed by atoms with Crippen molar-refractivity contribution in [3.05, 3.63) is 81.4 Å². The highest BCUT2D eigenvalue weighted by Gasteiger charge is 2.44. The smallest absolute Gasteiger partial charge is 0.233 e. The number of amides is 1. The lowest BCUT2D eigenvalue weighted by Crippen LogP contribution is -2.46. The van der Waals surface area contributed by atoms with Gasteiger partial charge in [0.25, 0.3) is 0 Å². The standard InChI is InChI=1S/C23H24ClNO2S/c24-20-7-5-19(6-8-20)23(11-1-2-12-23)22(26)25(16-18-10-14-27-17-18)13-9-21-4-3-15-28-21/h3-8,10,14-15,17H,1-2,9,11-13,16H2. The molecule has 5 heteroatoms. The fraction of sp³-hybridized carbons (Fsp3) is 0.348. The molecule has 3 nitrogen and oxygen atoms in total. The van der Waals surface area contributed by atoms with Crippen molar-refractivity contribution in [3.8, 4) is 0 Å². The molecule has 1 aliphatic rings. The summed E-state index contributed by atoms with van der Waals surface area (Å²) < 4.78 is 5.24. The number of thiophene rings is 1. The molecule has 1 saturated carbocycles. The highest BCUT2D eigenvalue weighted by Crippen LogP contribution is 2.43. The monoisotopic (exact) mass is 413 g/mol. The Morgan fingerprint density at radius 2 is 1.93 bits per heavy atom. The largest absolute Gasteiger partial charge is 0.472 e. The Bertz CT molecular complexity index is 881. The Kier molecular flexibility index (Phi) is 5.88. The van der Waals surface area contributed by atoms with E-state index in [9.17, 15) is 4.79 Å². The molecule has 0 unspecified atom stereocenters. The van der Waals surface area contributed by atoms with Gasteiger partial charge < -0.3 is 9.32 Å². The molecule has 28 heavy (non-hydrogen) atoms. The van der Waals surface area contributed by atoms with Gasteiger partial charge in [0.05, 0.1) is 17.9 Å². The van der Waals surface area contributed by atoms with Crippen LogP contribution in [-0.2, 0) is 23.2 Å². The van der Waals surface area contributed by atoms with Crippen LogP contribution in [0.2, 0.25) is 5.02 Å². The highest BCUT2D eigenvalue weighted by molar-refractivity contribution is 7.09. The lowest BCUT2D eigenvalue weighted by molar-refractivity contribution is -0.138. The van der Waals surface area contributed by atoms with Crippen molar-refractivity contribution in [1.29, 1.82) is 0 Å². The molecule has 1 aromatic carbocycles. The third-order valence-electron chi connectivity index (χ3n) is 5.71. The zero-order chi connectivity index (χ0) is 19.4. The van der Waals surface area contributed by atoms with Crippen LogP contribution in [0.3, 0.4) is 0 Å². The number of carbonyl (C=O) groups excluding carboxylic acids is 1. The lowest BCUT2D eigenvalue weighted by Gasteiger charge is -2.35. The Hall–Kier alpha value is -2.04. The number of nitrogens with zero attached hydrogens (tertiary/aromatic N) is 1. The van der Waals surface area contributed by atoms with Crippen molar-refractivity contribution < 1.29 is 9.21 Å². The summed E-state index contributed by atoms with van der Waals surface area (Å²) in [6.45, 7) is 1.29. The normalized spacial score (nSPS) is 15.6. The predicted molar refractivity (Wildman–Crippen MR) is 114 cm³/mol. The second kappa shape index (κ2) is 8.54. The van der Waals surface area contributed by atoms with Crippen molar-refractivity contribution in [2.24, 2.45) is 0 Å². The summed E-state index contributed by atoms with van der Waals surface area (Å²) in [7, 11) is 0. The number of halogens is 1. The van der Waals surface area contributed by atoms with Crippen LogP contribution < -0.4 is 0 Å². The molecule has 0 N–H and O–H groups in total. The minimum atomic E-state index is -0.441. The molecule has 1 fully saturated rings. The summed E-state index contributed by atoms with van der Waals surface area (Å²) in [6, 6.07) is 14.0. The summed E-state index contributed by atoms with van der Waals surface area (Å²) in [5, 5.41) is 2.79. The van der Waals surface area contributed by atoms with Crippen LogP contribution in [0.25, 0.3) is 0 Å². The van der Waals surface area contributed by atoms with E-state index in [1.165, 1.54) is 4.88 Å². The molecule has 2 heterocycles. The summed E-state index contributed by atoms with van der Waals surface area (Å²) in [4.78, 5) is 17.2. The second-order valence-corrected chi connectivity index (χ2v) is 8.95. The summed E-state index contributed by atoms with van der Waals surface area (Å²) in [5.41, 5.74) is 1.68. The van der Waals surface area contributed by atoms with Crippen molar-refractivity contribution in [1.82, 2.24) is 4.90 Å². The molecule has 4 rings (SSSR count). The third-order valence-corrected chi connectivity index (χ3v) is 6.90. The Labute approximate surface area is 174 Å². The molecular formula is C23H24ClNO2S. The fourth-order valence-corrected chi connectivity index (χ4v) is 5.06. The lowest BCUT2D eigenvalue weighted by atomic mass is 9.77. The molecular weight excluding hydrogens is 390 g/mol. The van der Waals surface area contributed by atoms with Gasteiger partial charge in [-0.25, -0.2) is 0 Å². The fourth-order valence-electron chi connectivity index (χ4n) is 4.23. The van der Waals surface area contributed by atoms with Crippen LogP contribution in [0, 0.1) is 0 Å². The second-order valence-electron chi connectivity index (χ2n) is 7.48.